The minimum absolute atomic E-state index is 0.0409. The summed E-state index contributed by atoms with van der Waals surface area (Å²) in [6.45, 7) is 7.04. The van der Waals surface area contributed by atoms with Crippen LogP contribution in [0.1, 0.15) is 67.7 Å². The number of nitrogens with zero attached hydrogens (tertiary/aromatic N) is 1. The van der Waals surface area contributed by atoms with E-state index in [1.807, 2.05) is 0 Å². The molecule has 0 spiro atoms. The molecule has 1 nitrogen and oxygen atoms in total. The summed E-state index contributed by atoms with van der Waals surface area (Å²) in [7, 11) is 0. The van der Waals surface area contributed by atoms with Crippen LogP contribution in [-0.2, 0) is 5.41 Å². The summed E-state index contributed by atoms with van der Waals surface area (Å²) < 4.78 is 0. The van der Waals surface area contributed by atoms with Gasteiger partial charge < -0.3 is 4.90 Å². The van der Waals surface area contributed by atoms with E-state index in [0.717, 1.165) is 0 Å². The minimum atomic E-state index is -0.0409. The lowest BCUT2D eigenvalue weighted by Gasteiger charge is -2.40. The molecule has 8 rings (SSSR count). The van der Waals surface area contributed by atoms with Crippen molar-refractivity contribution in [2.24, 2.45) is 0 Å². The average Bonchev–Trinajstić information content (AvgIpc) is 3.31. The first-order valence-corrected chi connectivity index (χ1v) is 16.7. The molecule has 1 fully saturated rings. The van der Waals surface area contributed by atoms with Crippen LogP contribution in [0, 0.1) is 6.92 Å². The Balaban J connectivity index is 1.30. The zero-order valence-corrected chi connectivity index (χ0v) is 26.6. The molecule has 0 radical (unpaired) electrons. The molecule has 1 heteroatoms. The van der Waals surface area contributed by atoms with Crippen molar-refractivity contribution >= 4 is 22.1 Å². The number of rotatable bonds is 5. The zero-order valence-electron chi connectivity index (χ0n) is 26.6. The van der Waals surface area contributed by atoms with Crippen molar-refractivity contribution < 1.29 is 0 Å². The summed E-state index contributed by atoms with van der Waals surface area (Å²) in [5.74, 6) is 0.630. The Morgan fingerprint density at radius 3 is 1.91 bits per heavy atom. The van der Waals surface area contributed by atoms with Gasteiger partial charge in [-0.3, -0.25) is 0 Å². The molecule has 0 N–H and O–H groups in total. The van der Waals surface area contributed by atoms with Gasteiger partial charge in [-0.15, -0.1) is 0 Å². The van der Waals surface area contributed by atoms with Crippen LogP contribution in [0.2, 0.25) is 0 Å². The highest BCUT2D eigenvalue weighted by Gasteiger charge is 2.37. The fourth-order valence-corrected chi connectivity index (χ4v) is 8.30. The van der Waals surface area contributed by atoms with Gasteiger partial charge in [-0.25, -0.2) is 0 Å². The largest absolute Gasteiger partial charge is 0.338 e. The first kappa shape index (κ1) is 27.9. The molecule has 1 saturated carbocycles. The highest BCUT2D eigenvalue weighted by molar-refractivity contribution is 5.97. The van der Waals surface area contributed by atoms with E-state index in [1.165, 1.54) is 92.3 Å². The molecule has 0 unspecified atom stereocenters. The highest BCUT2D eigenvalue weighted by Crippen LogP contribution is 2.51. The lowest BCUT2D eigenvalue weighted by atomic mass is 9.80. The van der Waals surface area contributed by atoms with E-state index in [4.69, 9.17) is 0 Å². The van der Waals surface area contributed by atoms with Gasteiger partial charge in [-0.1, -0.05) is 123 Å². The third kappa shape index (κ3) is 4.77. The van der Waals surface area contributed by atoms with Crippen molar-refractivity contribution in [2.45, 2.75) is 63.8 Å². The van der Waals surface area contributed by atoms with E-state index >= 15 is 0 Å². The van der Waals surface area contributed by atoms with Crippen molar-refractivity contribution in [1.29, 1.82) is 0 Å². The maximum absolute atomic E-state index is 2.73. The van der Waals surface area contributed by atoms with E-state index in [-0.39, 0.29) is 5.41 Å². The van der Waals surface area contributed by atoms with Crippen LogP contribution in [0.3, 0.4) is 0 Å². The number of anilines is 2. The summed E-state index contributed by atoms with van der Waals surface area (Å²) in [5, 5.41) is 2.58. The SMILES string of the molecule is Cc1ccccc1-c1cc2ccccc2cc1N(c1ccc2c(c1)C(C)(C)c1ccccc1-2)C1CCC(c2ccccc2)CC1. The van der Waals surface area contributed by atoms with Crippen LogP contribution in [0.5, 0.6) is 0 Å². The Morgan fingerprint density at radius 1 is 0.533 bits per heavy atom. The average molecular weight is 584 g/mol. The van der Waals surface area contributed by atoms with Gasteiger partial charge in [0.15, 0.2) is 0 Å². The summed E-state index contributed by atoms with van der Waals surface area (Å²) in [5.41, 5.74) is 13.6. The van der Waals surface area contributed by atoms with Crippen molar-refractivity contribution in [3.8, 4) is 22.3 Å². The third-order valence-electron chi connectivity index (χ3n) is 10.7. The lowest BCUT2D eigenvalue weighted by molar-refractivity contribution is 0.392. The second-order valence-corrected chi connectivity index (χ2v) is 13.7. The Kier molecular flexibility index (Phi) is 6.86. The van der Waals surface area contributed by atoms with Gasteiger partial charge in [0.1, 0.15) is 0 Å². The molecule has 0 aliphatic heterocycles. The van der Waals surface area contributed by atoms with Crippen molar-refractivity contribution in [1.82, 2.24) is 0 Å². The zero-order chi connectivity index (χ0) is 30.5. The van der Waals surface area contributed by atoms with Crippen molar-refractivity contribution in [3.63, 3.8) is 0 Å². The summed E-state index contributed by atoms with van der Waals surface area (Å²) in [6, 6.07) is 50.5. The lowest BCUT2D eigenvalue weighted by Crippen LogP contribution is -2.35. The van der Waals surface area contributed by atoms with Gasteiger partial charge in [0.05, 0.1) is 0 Å². The molecule has 0 amide bonds. The second kappa shape index (κ2) is 11.1. The van der Waals surface area contributed by atoms with Crippen LogP contribution >= 0.6 is 0 Å². The molecule has 0 atom stereocenters. The molecule has 6 aromatic carbocycles. The van der Waals surface area contributed by atoms with Gasteiger partial charge in [-0.05, 0) is 113 Å². The maximum Gasteiger partial charge on any atom is 0.0499 e. The molecule has 2 aliphatic carbocycles. The van der Waals surface area contributed by atoms with E-state index in [9.17, 15) is 0 Å². The Hall–Kier alpha value is -4.62. The van der Waals surface area contributed by atoms with Crippen LogP contribution in [0.4, 0.5) is 11.4 Å². The monoisotopic (exact) mass is 583 g/mol. The smallest absolute Gasteiger partial charge is 0.0499 e. The second-order valence-electron chi connectivity index (χ2n) is 13.7. The number of aryl methyl sites for hydroxylation is 1. The molecule has 2 aliphatic rings. The predicted octanol–water partition coefficient (Wildman–Crippen LogP) is 12.0. The van der Waals surface area contributed by atoms with Gasteiger partial charge in [0, 0.05) is 28.4 Å². The normalized spacial score (nSPS) is 18.4. The quantitative estimate of drug-likeness (QED) is 0.195. The number of hydrogen-bond donors (Lipinski definition) is 0. The van der Waals surface area contributed by atoms with Crippen LogP contribution in [-0.4, -0.2) is 6.04 Å². The molecule has 0 heterocycles. The Bertz CT molecular complexity index is 2010. The fraction of sp³-hybridized carbons (Fsp3) is 0.227. The molecular weight excluding hydrogens is 542 g/mol. The first-order chi connectivity index (χ1) is 22.0. The standard InChI is InChI=1S/C44H41N/c1-30-13-7-10-18-37(30)40-27-33-16-8-9-17-34(33)28-43(40)45(35-23-21-32(22-24-35)31-14-5-4-6-15-31)36-25-26-39-38-19-11-12-20-41(38)44(2,3)42(39)29-36/h4-20,25-29,32,35H,21-24H2,1-3H3. The Labute approximate surface area is 268 Å². The molecule has 222 valence electrons. The first-order valence-electron chi connectivity index (χ1n) is 16.7. The van der Waals surface area contributed by atoms with Crippen LogP contribution < -0.4 is 4.90 Å². The van der Waals surface area contributed by atoms with Crippen LogP contribution in [0.25, 0.3) is 33.0 Å². The molecule has 6 aromatic rings. The summed E-state index contributed by atoms with van der Waals surface area (Å²) in [4.78, 5) is 2.73. The van der Waals surface area contributed by atoms with E-state index < -0.39 is 0 Å². The topological polar surface area (TPSA) is 3.24 Å². The molecule has 0 bridgehead atoms. The highest BCUT2D eigenvalue weighted by atomic mass is 15.2. The predicted molar refractivity (Wildman–Crippen MR) is 192 cm³/mol. The summed E-state index contributed by atoms with van der Waals surface area (Å²) >= 11 is 0. The van der Waals surface area contributed by atoms with Crippen LogP contribution in [0.15, 0.2) is 133 Å². The molecule has 0 saturated heterocycles. The van der Waals surface area contributed by atoms with E-state index in [0.29, 0.717) is 12.0 Å². The molecule has 45 heavy (non-hydrogen) atoms. The van der Waals surface area contributed by atoms with Gasteiger partial charge in [0.2, 0.25) is 0 Å². The number of hydrogen-bond acceptors (Lipinski definition) is 1. The third-order valence-corrected chi connectivity index (χ3v) is 10.7. The van der Waals surface area contributed by atoms with E-state index in [2.05, 4.69) is 159 Å². The van der Waals surface area contributed by atoms with Crippen molar-refractivity contribution in [2.75, 3.05) is 4.90 Å². The fourth-order valence-electron chi connectivity index (χ4n) is 8.30. The molecule has 0 aromatic heterocycles. The summed E-state index contributed by atoms with van der Waals surface area (Å²) in [6.07, 6.45) is 4.75. The van der Waals surface area contributed by atoms with Gasteiger partial charge in [-0.2, -0.15) is 0 Å². The number of fused-ring (bicyclic) bond motifs is 4. The molecular formula is C44H41N. The number of benzene rings is 6. The minimum Gasteiger partial charge on any atom is -0.338 e. The van der Waals surface area contributed by atoms with Gasteiger partial charge >= 0.3 is 0 Å². The Morgan fingerprint density at radius 2 is 1.16 bits per heavy atom. The van der Waals surface area contributed by atoms with Gasteiger partial charge in [0.25, 0.3) is 0 Å². The van der Waals surface area contributed by atoms with Crippen molar-refractivity contribution in [3.05, 3.63) is 156 Å². The maximum atomic E-state index is 2.73. The van der Waals surface area contributed by atoms with E-state index in [1.54, 1.807) is 0 Å².